The summed E-state index contributed by atoms with van der Waals surface area (Å²) in [6, 6.07) is 5.01. The van der Waals surface area contributed by atoms with Gasteiger partial charge in [0.25, 0.3) is 5.23 Å². The third-order valence-electron chi connectivity index (χ3n) is 7.29. The van der Waals surface area contributed by atoms with Gasteiger partial charge >= 0.3 is 6.09 Å². The number of carbonyl (C=O) groups is 2. The number of carbonyl (C=O) groups excluding carboxylic acids is 2. The average Bonchev–Trinajstić information content (AvgIpc) is 3.73. The standard InChI is InChI=1S/C30H35F2N5O5SSi/c1-7-10-41-25-17-34-23(16-35-25)22(32)14-19-8-9-21(31)20(13-19)29(2)24-15-30(24,26(38)33-3)43-28(37-29)42-27(39)36-18-40-11-12-44(4,5)6/h1,8-9,13-14,16-17,24H,10-12,15,18H2,2-6H3,(H,33,38)(H,36,39)/b22-14-/t24-,29+,30-/m0/s1. The minimum atomic E-state index is -1.30. The Morgan fingerprint density at radius 3 is 2.70 bits per heavy atom. The Kier molecular flexibility index (Phi) is 10.1. The molecule has 1 fully saturated rings. The summed E-state index contributed by atoms with van der Waals surface area (Å²) in [5.74, 6) is 0.421. The van der Waals surface area contributed by atoms with E-state index in [9.17, 15) is 9.59 Å². The van der Waals surface area contributed by atoms with Crippen LogP contribution in [0.2, 0.25) is 25.7 Å². The number of alkyl carbamates (subject to hydrolysis) is 1. The molecule has 0 bridgehead atoms. The molecule has 1 aromatic heterocycles. The van der Waals surface area contributed by atoms with Crippen molar-refractivity contribution < 1.29 is 32.6 Å². The molecule has 2 aliphatic rings. The Bertz CT molecular complexity index is 1510. The van der Waals surface area contributed by atoms with E-state index in [4.69, 9.17) is 20.6 Å². The first-order chi connectivity index (χ1) is 20.8. The summed E-state index contributed by atoms with van der Waals surface area (Å²) < 4.78 is 45.7. The predicted molar refractivity (Wildman–Crippen MR) is 168 cm³/mol. The van der Waals surface area contributed by atoms with Crippen LogP contribution in [0.5, 0.6) is 5.88 Å². The quantitative estimate of drug-likeness (QED) is 0.153. The van der Waals surface area contributed by atoms with Gasteiger partial charge in [-0.05, 0) is 54.9 Å². The highest BCUT2D eigenvalue weighted by Gasteiger charge is 2.71. The minimum Gasteiger partial charge on any atom is -0.463 e. The van der Waals surface area contributed by atoms with E-state index >= 15 is 8.78 Å². The van der Waals surface area contributed by atoms with Gasteiger partial charge in [-0.15, -0.1) is 6.42 Å². The van der Waals surface area contributed by atoms with Crippen LogP contribution in [-0.2, 0) is 19.8 Å². The molecule has 1 aromatic carbocycles. The highest BCUT2D eigenvalue weighted by atomic mass is 32.2. The van der Waals surface area contributed by atoms with Gasteiger partial charge in [0.1, 0.15) is 23.0 Å². The smallest absolute Gasteiger partial charge is 0.416 e. The Hall–Kier alpha value is -3.80. The molecule has 1 saturated carbocycles. The number of thioether (sulfide) groups is 1. The van der Waals surface area contributed by atoms with E-state index in [1.54, 1.807) is 6.92 Å². The van der Waals surface area contributed by atoms with E-state index in [0.29, 0.717) is 18.6 Å². The summed E-state index contributed by atoms with van der Waals surface area (Å²) in [4.78, 5) is 38.2. The van der Waals surface area contributed by atoms with Crippen LogP contribution in [0, 0.1) is 24.1 Å². The maximum atomic E-state index is 15.4. The van der Waals surface area contributed by atoms with Gasteiger partial charge in [-0.25, -0.2) is 28.5 Å². The van der Waals surface area contributed by atoms with Crippen LogP contribution in [0.4, 0.5) is 13.6 Å². The monoisotopic (exact) mass is 643 g/mol. The summed E-state index contributed by atoms with van der Waals surface area (Å²) in [7, 11) is 0.221. The molecule has 2 amide bonds. The van der Waals surface area contributed by atoms with Crippen molar-refractivity contribution in [3.8, 4) is 18.2 Å². The fraction of sp³-hybridized carbons (Fsp3) is 0.433. The lowest BCUT2D eigenvalue weighted by Gasteiger charge is -2.34. The molecule has 2 aromatic rings. The molecule has 0 unspecified atom stereocenters. The molecule has 4 rings (SSSR count). The lowest BCUT2D eigenvalue weighted by molar-refractivity contribution is -0.121. The average molecular weight is 644 g/mol. The number of halogens is 2. The fourth-order valence-electron chi connectivity index (χ4n) is 4.80. The van der Waals surface area contributed by atoms with Crippen molar-refractivity contribution in [2.45, 2.75) is 49.3 Å². The number of benzene rings is 1. The van der Waals surface area contributed by atoms with Crippen molar-refractivity contribution in [3.63, 3.8) is 0 Å². The van der Waals surface area contributed by atoms with Crippen molar-refractivity contribution in [3.05, 3.63) is 53.2 Å². The summed E-state index contributed by atoms with van der Waals surface area (Å²) in [5.41, 5.74) is -0.920. The Labute approximate surface area is 260 Å². The first kappa shape index (κ1) is 33.1. The number of nitrogens with zero attached hydrogens (tertiary/aromatic N) is 3. The Morgan fingerprint density at radius 2 is 2.05 bits per heavy atom. The normalized spacial score (nSPS) is 22.6. The van der Waals surface area contributed by atoms with E-state index in [2.05, 4.69) is 51.2 Å². The van der Waals surface area contributed by atoms with Gasteiger partial charge in [0.2, 0.25) is 11.8 Å². The molecule has 14 heteroatoms. The summed E-state index contributed by atoms with van der Waals surface area (Å²) in [5, 5.41) is 5.09. The number of nitrogens with one attached hydrogen (secondary N) is 2. The number of amides is 2. The number of terminal acetylenes is 1. The van der Waals surface area contributed by atoms with Gasteiger partial charge in [-0.2, -0.15) is 0 Å². The molecule has 10 nitrogen and oxygen atoms in total. The summed E-state index contributed by atoms with van der Waals surface area (Å²) >= 11 is 1.03. The second-order valence-electron chi connectivity index (χ2n) is 11.7. The van der Waals surface area contributed by atoms with Gasteiger partial charge in [0.15, 0.2) is 12.4 Å². The topological polar surface area (TPSA) is 124 Å². The first-order valence-electron chi connectivity index (χ1n) is 13.9. The van der Waals surface area contributed by atoms with Crippen molar-refractivity contribution in [1.82, 2.24) is 20.6 Å². The maximum Gasteiger partial charge on any atom is 0.416 e. The van der Waals surface area contributed by atoms with E-state index in [0.717, 1.165) is 17.8 Å². The molecule has 0 radical (unpaired) electrons. The Morgan fingerprint density at radius 1 is 1.27 bits per heavy atom. The predicted octanol–water partition coefficient (Wildman–Crippen LogP) is 4.96. The highest BCUT2D eigenvalue weighted by molar-refractivity contribution is 8.15. The van der Waals surface area contributed by atoms with Crippen LogP contribution in [0.1, 0.15) is 30.2 Å². The fourth-order valence-corrected chi connectivity index (χ4v) is 7.04. The molecule has 1 aliphatic carbocycles. The molecule has 2 heterocycles. The van der Waals surface area contributed by atoms with Crippen molar-refractivity contribution in [2.75, 3.05) is 27.0 Å². The molecule has 1 aliphatic heterocycles. The molecular weight excluding hydrogens is 609 g/mol. The number of ether oxygens (including phenoxy) is 3. The molecular formula is C30H35F2N5O5SSi. The molecule has 0 spiro atoms. The van der Waals surface area contributed by atoms with Gasteiger partial charge in [-0.1, -0.05) is 31.6 Å². The number of hydrogen-bond donors (Lipinski definition) is 2. The van der Waals surface area contributed by atoms with E-state index in [1.165, 1.54) is 43.7 Å². The molecule has 234 valence electrons. The molecule has 44 heavy (non-hydrogen) atoms. The zero-order valence-corrected chi connectivity index (χ0v) is 27.0. The lowest BCUT2D eigenvalue weighted by Crippen LogP contribution is -2.43. The van der Waals surface area contributed by atoms with Crippen molar-refractivity contribution in [1.29, 1.82) is 0 Å². The number of aromatic nitrogens is 2. The van der Waals surface area contributed by atoms with Gasteiger partial charge < -0.3 is 19.5 Å². The zero-order valence-electron chi connectivity index (χ0n) is 25.2. The second-order valence-corrected chi connectivity index (χ2v) is 18.6. The number of hydrogen-bond acceptors (Lipinski definition) is 9. The third-order valence-corrected chi connectivity index (χ3v) is 10.3. The number of aliphatic imine (C=N–C) groups is 1. The van der Waals surface area contributed by atoms with Crippen LogP contribution in [0.3, 0.4) is 0 Å². The third kappa shape index (κ3) is 7.64. The van der Waals surface area contributed by atoms with E-state index < -0.39 is 42.0 Å². The number of fused-ring (bicyclic) bond motifs is 1. The van der Waals surface area contributed by atoms with E-state index in [1.807, 2.05) is 0 Å². The van der Waals surface area contributed by atoms with Crippen LogP contribution in [-0.4, -0.2) is 67.0 Å². The number of rotatable bonds is 11. The lowest BCUT2D eigenvalue weighted by atomic mass is 9.84. The minimum absolute atomic E-state index is 0.00266. The van der Waals surface area contributed by atoms with Gasteiger partial charge in [-0.3, -0.25) is 10.1 Å². The van der Waals surface area contributed by atoms with Crippen LogP contribution >= 0.6 is 11.8 Å². The van der Waals surface area contributed by atoms with Gasteiger partial charge in [0, 0.05) is 33.2 Å². The zero-order chi connectivity index (χ0) is 32.1. The highest BCUT2D eigenvalue weighted by Crippen LogP contribution is 2.66. The van der Waals surface area contributed by atoms with Crippen LogP contribution in [0.15, 0.2) is 35.6 Å². The maximum absolute atomic E-state index is 15.4. The van der Waals surface area contributed by atoms with E-state index in [-0.39, 0.29) is 41.6 Å². The Balaban J connectivity index is 1.57. The SMILES string of the molecule is C#CCOc1cnc(/C(F)=C/c2ccc(F)c([C@@]3(C)N=C(OC(=O)NCOCC[Si](C)(C)C)S[C@@]4(C(=O)NC)C[C@H]43)c2)cn1. The summed E-state index contributed by atoms with van der Waals surface area (Å²) in [6.07, 6.45) is 8.33. The molecule has 2 N–H and O–H groups in total. The largest absolute Gasteiger partial charge is 0.463 e. The second kappa shape index (κ2) is 13.5. The molecule has 0 saturated heterocycles. The van der Waals surface area contributed by atoms with Crippen molar-refractivity contribution >= 4 is 49.0 Å². The molecule has 3 atom stereocenters. The van der Waals surface area contributed by atoms with Gasteiger partial charge in [0.05, 0.1) is 17.9 Å². The van der Waals surface area contributed by atoms with Crippen molar-refractivity contribution in [2.24, 2.45) is 10.9 Å². The first-order valence-corrected chi connectivity index (χ1v) is 18.4. The summed E-state index contributed by atoms with van der Waals surface area (Å²) in [6.45, 7) is 8.79. The van der Waals surface area contributed by atoms with Crippen LogP contribution < -0.4 is 15.4 Å². The van der Waals surface area contributed by atoms with Crippen LogP contribution in [0.25, 0.3) is 11.9 Å².